The fourth-order valence-electron chi connectivity index (χ4n) is 2.80. The van der Waals surface area contributed by atoms with Crippen molar-refractivity contribution in [3.8, 4) is 0 Å². The summed E-state index contributed by atoms with van der Waals surface area (Å²) in [6.07, 6.45) is 1.27. The molecular formula is C22H23N5O4. The Kier molecular flexibility index (Phi) is 6.76. The molecule has 0 saturated heterocycles. The van der Waals surface area contributed by atoms with E-state index in [0.29, 0.717) is 17.9 Å². The lowest BCUT2D eigenvalue weighted by Crippen LogP contribution is -2.15. The lowest BCUT2D eigenvalue weighted by atomic mass is 10.2. The van der Waals surface area contributed by atoms with Gasteiger partial charge in [0.05, 0.1) is 17.1 Å². The van der Waals surface area contributed by atoms with Crippen LogP contribution in [0.3, 0.4) is 0 Å². The summed E-state index contributed by atoms with van der Waals surface area (Å²) in [5.74, 6) is 0.0296. The second-order valence-electron chi connectivity index (χ2n) is 7.24. The van der Waals surface area contributed by atoms with Crippen LogP contribution in [-0.4, -0.2) is 34.5 Å². The van der Waals surface area contributed by atoms with Gasteiger partial charge in [0.25, 0.3) is 0 Å². The van der Waals surface area contributed by atoms with E-state index < -0.39 is 10.9 Å². The fraction of sp³-hybridized carbons (Fsp3) is 0.227. The number of nitrogens with one attached hydrogen (secondary N) is 1. The van der Waals surface area contributed by atoms with Gasteiger partial charge in [-0.25, -0.2) is 14.8 Å². The lowest BCUT2D eigenvalue weighted by molar-refractivity contribution is -0.383. The van der Waals surface area contributed by atoms with E-state index in [1.165, 1.54) is 6.33 Å². The Bertz CT molecular complexity index is 1060. The molecule has 9 heteroatoms. The lowest BCUT2D eigenvalue weighted by Gasteiger charge is -2.18. The Morgan fingerprint density at radius 1 is 1.13 bits per heavy atom. The van der Waals surface area contributed by atoms with Crippen LogP contribution in [-0.2, 0) is 4.74 Å². The monoisotopic (exact) mass is 421 g/mol. The Labute approximate surface area is 179 Å². The van der Waals surface area contributed by atoms with Crippen LogP contribution in [0.1, 0.15) is 24.2 Å². The summed E-state index contributed by atoms with van der Waals surface area (Å²) < 4.78 is 5.21. The number of nitro groups is 1. The van der Waals surface area contributed by atoms with E-state index in [1.54, 1.807) is 36.2 Å². The first-order valence-corrected chi connectivity index (χ1v) is 9.69. The van der Waals surface area contributed by atoms with Crippen molar-refractivity contribution in [2.75, 3.05) is 23.9 Å². The number of anilines is 4. The topological polar surface area (TPSA) is 110 Å². The second-order valence-corrected chi connectivity index (χ2v) is 7.24. The maximum atomic E-state index is 12.1. The molecule has 160 valence electrons. The van der Waals surface area contributed by atoms with Gasteiger partial charge in [0.2, 0.25) is 11.6 Å². The van der Waals surface area contributed by atoms with Gasteiger partial charge >= 0.3 is 11.7 Å². The molecule has 31 heavy (non-hydrogen) atoms. The van der Waals surface area contributed by atoms with Crippen LogP contribution in [0.5, 0.6) is 0 Å². The number of hydrogen-bond acceptors (Lipinski definition) is 8. The molecule has 1 N–H and O–H groups in total. The number of carbonyl (C=O) groups excluding carboxylic acids is 1. The summed E-state index contributed by atoms with van der Waals surface area (Å²) in [7, 11) is 1.70. The molecule has 0 spiro atoms. The zero-order valence-corrected chi connectivity index (χ0v) is 17.5. The summed E-state index contributed by atoms with van der Waals surface area (Å²) in [6, 6.07) is 15.7. The van der Waals surface area contributed by atoms with Gasteiger partial charge in [-0.3, -0.25) is 10.1 Å². The number of benzene rings is 2. The predicted octanol–water partition coefficient (Wildman–Crippen LogP) is 4.71. The van der Waals surface area contributed by atoms with E-state index in [9.17, 15) is 14.9 Å². The minimum absolute atomic E-state index is 0.0490. The molecule has 0 fully saturated rings. The Morgan fingerprint density at radius 3 is 2.42 bits per heavy atom. The van der Waals surface area contributed by atoms with Crippen LogP contribution < -0.4 is 10.2 Å². The first-order chi connectivity index (χ1) is 14.9. The fourth-order valence-corrected chi connectivity index (χ4v) is 2.80. The van der Waals surface area contributed by atoms with Crippen molar-refractivity contribution < 1.29 is 14.5 Å². The predicted molar refractivity (Wildman–Crippen MR) is 118 cm³/mol. The highest BCUT2D eigenvalue weighted by Crippen LogP contribution is 2.35. The van der Waals surface area contributed by atoms with Crippen molar-refractivity contribution in [1.29, 1.82) is 0 Å². The average Bonchev–Trinajstić information content (AvgIpc) is 2.77. The molecule has 3 aromatic rings. The third-order valence-electron chi connectivity index (χ3n) is 4.38. The summed E-state index contributed by atoms with van der Waals surface area (Å²) in [5.41, 5.74) is 1.43. The summed E-state index contributed by atoms with van der Waals surface area (Å²) in [5, 5.41) is 14.8. The van der Waals surface area contributed by atoms with Gasteiger partial charge in [-0.1, -0.05) is 32.0 Å². The molecule has 0 aliphatic carbocycles. The van der Waals surface area contributed by atoms with Gasteiger partial charge in [-0.05, 0) is 42.3 Å². The van der Waals surface area contributed by atoms with Gasteiger partial charge in [0.15, 0.2) is 0 Å². The Morgan fingerprint density at radius 2 is 1.81 bits per heavy atom. The summed E-state index contributed by atoms with van der Waals surface area (Å²) >= 11 is 0. The molecule has 1 heterocycles. The van der Waals surface area contributed by atoms with E-state index in [-0.39, 0.29) is 23.2 Å². The van der Waals surface area contributed by atoms with Crippen molar-refractivity contribution in [3.63, 3.8) is 0 Å². The molecule has 2 aromatic carbocycles. The first-order valence-electron chi connectivity index (χ1n) is 9.69. The second kappa shape index (κ2) is 9.66. The minimum Gasteiger partial charge on any atom is -0.462 e. The van der Waals surface area contributed by atoms with Gasteiger partial charge < -0.3 is 15.0 Å². The maximum Gasteiger partial charge on any atom is 0.354 e. The zero-order chi connectivity index (χ0) is 22.4. The number of hydrogen-bond donors (Lipinski definition) is 1. The van der Waals surface area contributed by atoms with Gasteiger partial charge in [-0.2, -0.15) is 0 Å². The molecule has 0 amide bonds. The molecule has 0 unspecified atom stereocenters. The number of aromatic nitrogens is 2. The van der Waals surface area contributed by atoms with Crippen LogP contribution in [0.2, 0.25) is 0 Å². The third kappa shape index (κ3) is 5.33. The SMILES string of the molecule is CC(C)COC(=O)c1ccc(Nc2ncnc(N(C)c3ccccc3)c2[N+](=O)[O-])cc1. The van der Waals surface area contributed by atoms with Crippen molar-refractivity contribution in [2.45, 2.75) is 13.8 Å². The van der Waals surface area contributed by atoms with Crippen molar-refractivity contribution in [1.82, 2.24) is 9.97 Å². The highest BCUT2D eigenvalue weighted by Gasteiger charge is 2.26. The average molecular weight is 421 g/mol. The summed E-state index contributed by atoms with van der Waals surface area (Å²) in [4.78, 5) is 33.2. The van der Waals surface area contributed by atoms with E-state index in [4.69, 9.17) is 4.74 Å². The number of esters is 1. The number of carbonyl (C=O) groups is 1. The minimum atomic E-state index is -0.519. The van der Waals surface area contributed by atoms with E-state index in [2.05, 4.69) is 15.3 Å². The molecule has 9 nitrogen and oxygen atoms in total. The highest BCUT2D eigenvalue weighted by atomic mass is 16.6. The highest BCUT2D eigenvalue weighted by molar-refractivity contribution is 5.90. The maximum absolute atomic E-state index is 12.1. The normalized spacial score (nSPS) is 10.6. The van der Waals surface area contributed by atoms with Crippen molar-refractivity contribution >= 4 is 34.7 Å². The van der Waals surface area contributed by atoms with Crippen molar-refractivity contribution in [3.05, 3.63) is 76.6 Å². The molecule has 0 bridgehead atoms. The number of nitrogens with zero attached hydrogens (tertiary/aromatic N) is 4. The molecule has 0 saturated carbocycles. The van der Waals surface area contributed by atoms with E-state index in [0.717, 1.165) is 5.69 Å². The molecular weight excluding hydrogens is 398 g/mol. The van der Waals surface area contributed by atoms with Crippen molar-refractivity contribution in [2.24, 2.45) is 5.92 Å². The number of para-hydroxylation sites is 1. The van der Waals surface area contributed by atoms with Crippen LogP contribution >= 0.6 is 0 Å². The smallest absolute Gasteiger partial charge is 0.354 e. The molecule has 0 radical (unpaired) electrons. The molecule has 0 atom stereocenters. The molecule has 1 aromatic heterocycles. The molecule has 0 aliphatic rings. The molecule has 0 aliphatic heterocycles. The van der Waals surface area contributed by atoms with Gasteiger partial charge in [-0.15, -0.1) is 0 Å². The van der Waals surface area contributed by atoms with Crippen LogP contribution in [0.4, 0.5) is 28.7 Å². The van der Waals surface area contributed by atoms with Gasteiger partial charge in [0, 0.05) is 18.4 Å². The van der Waals surface area contributed by atoms with Crippen LogP contribution in [0, 0.1) is 16.0 Å². The Balaban J connectivity index is 1.85. The van der Waals surface area contributed by atoms with Crippen LogP contribution in [0.25, 0.3) is 0 Å². The quantitative estimate of drug-likeness (QED) is 0.316. The number of rotatable bonds is 8. The largest absolute Gasteiger partial charge is 0.462 e. The van der Waals surface area contributed by atoms with Crippen LogP contribution in [0.15, 0.2) is 60.9 Å². The summed E-state index contributed by atoms with van der Waals surface area (Å²) in [6.45, 7) is 4.25. The third-order valence-corrected chi connectivity index (χ3v) is 4.38. The van der Waals surface area contributed by atoms with Gasteiger partial charge in [0.1, 0.15) is 6.33 Å². The zero-order valence-electron chi connectivity index (χ0n) is 17.5. The first kappa shape index (κ1) is 21.7. The standard InChI is InChI=1S/C22H23N5O4/c1-15(2)13-31-22(28)16-9-11-17(12-10-16)25-20-19(27(29)30)21(24-14-23-20)26(3)18-7-5-4-6-8-18/h4-12,14-15H,13H2,1-3H3,(H,23,24,25). The molecule has 3 rings (SSSR count). The van der Waals surface area contributed by atoms with E-state index >= 15 is 0 Å². The Hall–Kier alpha value is -4.01. The number of ether oxygens (including phenoxy) is 1. The van der Waals surface area contributed by atoms with E-state index in [1.807, 2.05) is 44.2 Å².